The first-order valence-electron chi connectivity index (χ1n) is 20.5. The van der Waals surface area contributed by atoms with Gasteiger partial charge in [-0.05, 0) is 78.7 Å². The number of para-hydroxylation sites is 1. The highest BCUT2D eigenvalue weighted by Gasteiger charge is 2.20. The van der Waals surface area contributed by atoms with Crippen molar-refractivity contribution in [1.82, 2.24) is 0 Å². The Balaban J connectivity index is 1.56. The summed E-state index contributed by atoms with van der Waals surface area (Å²) in [6.45, 7) is 0. The van der Waals surface area contributed by atoms with Gasteiger partial charge in [-0.3, -0.25) is 0 Å². The summed E-state index contributed by atoms with van der Waals surface area (Å²) >= 11 is 0. The van der Waals surface area contributed by atoms with E-state index in [0.717, 1.165) is 10.9 Å². The molecular formula is C44H28O. The third-order valence-corrected chi connectivity index (χ3v) is 8.16. The zero-order valence-corrected chi connectivity index (χ0v) is 23.6. The third-order valence-electron chi connectivity index (χ3n) is 8.16. The van der Waals surface area contributed by atoms with Crippen LogP contribution in [0, 0.1) is 0 Å². The maximum atomic E-state index is 9.42. The topological polar surface area (TPSA) is 13.1 Å². The summed E-state index contributed by atoms with van der Waals surface area (Å²) in [5, 5.41) is 0.778. The molecule has 0 unspecified atom stereocenters. The molecule has 1 heteroatoms. The van der Waals surface area contributed by atoms with Crippen LogP contribution in [-0.2, 0) is 0 Å². The van der Waals surface area contributed by atoms with Crippen LogP contribution in [0.2, 0.25) is 0 Å². The fourth-order valence-electron chi connectivity index (χ4n) is 6.15. The molecule has 45 heavy (non-hydrogen) atoms. The highest BCUT2D eigenvalue weighted by atomic mass is 16.3. The van der Waals surface area contributed by atoms with E-state index in [0.29, 0.717) is 33.2 Å². The predicted octanol–water partition coefficient (Wildman–Crippen LogP) is 12.6. The molecule has 9 rings (SSSR count). The van der Waals surface area contributed by atoms with Crippen LogP contribution >= 0.6 is 0 Å². The van der Waals surface area contributed by atoms with Gasteiger partial charge in [0.25, 0.3) is 0 Å². The van der Waals surface area contributed by atoms with E-state index in [9.17, 15) is 8.22 Å². The van der Waals surface area contributed by atoms with Crippen molar-refractivity contribution in [2.24, 2.45) is 0 Å². The van der Waals surface area contributed by atoms with E-state index in [4.69, 9.17) is 12.6 Å². The second-order valence-electron chi connectivity index (χ2n) is 10.7. The first-order valence-corrected chi connectivity index (χ1v) is 14.5. The van der Waals surface area contributed by atoms with Crippen molar-refractivity contribution in [3.63, 3.8) is 0 Å². The van der Waals surface area contributed by atoms with E-state index in [-0.39, 0.29) is 43.8 Å². The third kappa shape index (κ3) is 4.17. The maximum absolute atomic E-state index is 9.42. The van der Waals surface area contributed by atoms with Crippen LogP contribution in [0.3, 0.4) is 0 Å². The second-order valence-corrected chi connectivity index (χ2v) is 10.7. The molecule has 0 radical (unpaired) electrons. The van der Waals surface area contributed by atoms with Crippen LogP contribution in [0.5, 0.6) is 0 Å². The Kier molecular flexibility index (Phi) is 3.74. The highest BCUT2D eigenvalue weighted by Crippen LogP contribution is 2.46. The summed E-state index contributed by atoms with van der Waals surface area (Å²) in [4.78, 5) is 0. The Morgan fingerprint density at radius 1 is 0.378 bits per heavy atom. The fourth-order valence-corrected chi connectivity index (χ4v) is 6.15. The summed E-state index contributed by atoms with van der Waals surface area (Å²) in [6.07, 6.45) is 0. The zero-order valence-electron chi connectivity index (χ0n) is 35.6. The minimum Gasteiger partial charge on any atom is -0.455 e. The van der Waals surface area contributed by atoms with E-state index in [1.165, 1.54) is 0 Å². The molecule has 0 fully saturated rings. The van der Waals surface area contributed by atoms with E-state index < -0.39 is 72.5 Å². The Bertz CT molecular complexity index is 3080. The van der Waals surface area contributed by atoms with Crippen LogP contribution in [-0.4, -0.2) is 0 Å². The molecule has 0 aliphatic heterocycles. The van der Waals surface area contributed by atoms with E-state index >= 15 is 0 Å². The van der Waals surface area contributed by atoms with E-state index in [2.05, 4.69) is 0 Å². The van der Waals surface area contributed by atoms with Gasteiger partial charge >= 0.3 is 0 Å². The standard InChI is InChI=1S/C44H28O/c1-3-13-29(14-4-1)30-23-25-32(26-24-30)42-35-18-7-9-20-37(35)43(38-21-10-8-19-36(38)42)33-27-39(31-15-5-2-6-16-31)44-40(28-33)34-17-11-12-22-41(34)45-44/h1-28H/i7D,8D,9D,10D,18D,19D,20D,21D,23D,24D,25D,26D. The quantitative estimate of drug-likeness (QED) is 0.188. The van der Waals surface area contributed by atoms with E-state index in [1.807, 2.05) is 54.6 Å². The lowest BCUT2D eigenvalue weighted by Gasteiger charge is -2.18. The molecule has 0 N–H and O–H groups in total. The molecule has 210 valence electrons. The van der Waals surface area contributed by atoms with Crippen LogP contribution < -0.4 is 0 Å². The van der Waals surface area contributed by atoms with Gasteiger partial charge in [-0.1, -0.05) is 151 Å². The Hall–Kier alpha value is -5.92. The molecule has 1 aromatic heterocycles. The Morgan fingerprint density at radius 2 is 0.889 bits per heavy atom. The predicted molar refractivity (Wildman–Crippen MR) is 190 cm³/mol. The van der Waals surface area contributed by atoms with Gasteiger partial charge in [0.05, 0.1) is 16.4 Å². The molecule has 1 heterocycles. The first-order chi connectivity index (χ1) is 27.3. The summed E-state index contributed by atoms with van der Waals surface area (Å²) in [7, 11) is 0. The van der Waals surface area contributed by atoms with Crippen LogP contribution in [0.15, 0.2) is 174 Å². The van der Waals surface area contributed by atoms with Gasteiger partial charge in [0.1, 0.15) is 11.2 Å². The van der Waals surface area contributed by atoms with E-state index in [1.54, 1.807) is 42.5 Å². The van der Waals surface area contributed by atoms with Crippen LogP contribution in [0.25, 0.3) is 88.0 Å². The lowest BCUT2D eigenvalue weighted by Crippen LogP contribution is -1.91. The molecule has 0 atom stereocenters. The molecule has 8 aromatic carbocycles. The van der Waals surface area contributed by atoms with Gasteiger partial charge in [-0.2, -0.15) is 0 Å². The highest BCUT2D eigenvalue weighted by molar-refractivity contribution is 6.23. The monoisotopic (exact) mass is 584 g/mol. The lowest BCUT2D eigenvalue weighted by atomic mass is 9.84. The van der Waals surface area contributed by atoms with Crippen molar-refractivity contribution < 1.29 is 20.9 Å². The van der Waals surface area contributed by atoms with Crippen LogP contribution in [0.1, 0.15) is 16.4 Å². The molecule has 0 saturated heterocycles. The smallest absolute Gasteiger partial charge is 0.143 e. The summed E-state index contributed by atoms with van der Waals surface area (Å²) in [6, 6.07) is 22.3. The summed E-state index contributed by atoms with van der Waals surface area (Å²) < 4.78 is 116. The molecular weight excluding hydrogens is 544 g/mol. The van der Waals surface area contributed by atoms with Crippen molar-refractivity contribution >= 4 is 43.5 Å². The van der Waals surface area contributed by atoms with Crippen molar-refractivity contribution in [2.75, 3.05) is 0 Å². The lowest BCUT2D eigenvalue weighted by molar-refractivity contribution is 0.670. The van der Waals surface area contributed by atoms with Gasteiger partial charge in [0.2, 0.25) is 0 Å². The molecule has 0 aliphatic rings. The normalized spacial score (nSPS) is 15.3. The number of benzene rings is 8. The van der Waals surface area contributed by atoms with Crippen molar-refractivity contribution in [2.45, 2.75) is 0 Å². The molecule has 0 saturated carbocycles. The van der Waals surface area contributed by atoms with Gasteiger partial charge in [0.15, 0.2) is 0 Å². The first kappa shape index (κ1) is 16.2. The molecule has 0 amide bonds. The van der Waals surface area contributed by atoms with Crippen LogP contribution in [0.4, 0.5) is 0 Å². The van der Waals surface area contributed by atoms with Crippen molar-refractivity contribution in [3.8, 4) is 44.5 Å². The summed E-state index contributed by atoms with van der Waals surface area (Å²) in [5.41, 5.74) is 2.80. The number of furan rings is 1. The number of fused-ring (bicyclic) bond motifs is 5. The minimum atomic E-state index is -0.641. The van der Waals surface area contributed by atoms with Crippen molar-refractivity contribution in [1.29, 1.82) is 0 Å². The number of hydrogen-bond donors (Lipinski definition) is 0. The van der Waals surface area contributed by atoms with Gasteiger partial charge in [0, 0.05) is 16.3 Å². The molecule has 0 bridgehead atoms. The average molecular weight is 585 g/mol. The Labute approximate surface area is 278 Å². The number of rotatable bonds is 4. The molecule has 0 aliphatic carbocycles. The van der Waals surface area contributed by atoms with Gasteiger partial charge < -0.3 is 4.42 Å². The van der Waals surface area contributed by atoms with Crippen molar-refractivity contribution in [3.05, 3.63) is 170 Å². The Morgan fingerprint density at radius 3 is 1.51 bits per heavy atom. The zero-order chi connectivity index (χ0) is 40.2. The molecule has 9 aromatic rings. The SMILES string of the molecule is [2H]c1c([2H])c(-c2c3c([2H])c([2H])c([2H])c([2H])c3c(-c3cc(-c4ccccc4)c4oc5ccccc5c4c3)c3c([2H])c([2H])c([2H])c([2H])c23)c([2H])c([2H])c1-c1ccccc1. The largest absolute Gasteiger partial charge is 0.455 e. The fraction of sp³-hybridized carbons (Fsp3) is 0. The molecule has 0 spiro atoms. The molecule has 1 nitrogen and oxygen atoms in total. The van der Waals surface area contributed by atoms with Gasteiger partial charge in [-0.15, -0.1) is 0 Å². The average Bonchev–Trinajstić information content (AvgIpc) is 3.61. The maximum Gasteiger partial charge on any atom is 0.143 e. The van der Waals surface area contributed by atoms with Gasteiger partial charge in [-0.25, -0.2) is 0 Å². The second kappa shape index (κ2) is 10.4. The number of hydrogen-bond acceptors (Lipinski definition) is 1. The minimum absolute atomic E-state index is 0.0115. The summed E-state index contributed by atoms with van der Waals surface area (Å²) in [5.74, 6) is 0.